The molecule has 1 aromatic carbocycles. The Bertz CT molecular complexity index is 641. The van der Waals surface area contributed by atoms with Gasteiger partial charge < -0.3 is 15.0 Å². The van der Waals surface area contributed by atoms with Gasteiger partial charge in [-0.1, -0.05) is 38.5 Å². The third-order valence-corrected chi connectivity index (χ3v) is 5.10. The zero-order valence-corrected chi connectivity index (χ0v) is 16.4. The van der Waals surface area contributed by atoms with Gasteiger partial charge in [-0.2, -0.15) is 0 Å². The number of nitrogens with one attached hydrogen (secondary N) is 1. The fourth-order valence-electron chi connectivity index (χ4n) is 3.15. The van der Waals surface area contributed by atoms with Gasteiger partial charge in [-0.3, -0.25) is 9.59 Å². The monoisotopic (exact) mass is 374 g/mol. The number of amides is 2. The van der Waals surface area contributed by atoms with Gasteiger partial charge in [0.1, 0.15) is 6.04 Å². The van der Waals surface area contributed by atoms with Crippen LogP contribution in [0, 0.1) is 5.92 Å². The van der Waals surface area contributed by atoms with Crippen molar-refractivity contribution in [2.24, 2.45) is 5.92 Å². The standard InChI is InChI=1S/C21H30N2O4/c1-4-15(2)18(22-19(24)17-11-7-5-8-12-17)21(26)27-16(3)20(25)23-13-9-6-10-14-23/h5,7-8,11-12,15-16,18H,4,6,9-10,13-14H2,1-3H3,(H,22,24). The van der Waals surface area contributed by atoms with Gasteiger partial charge in [0.05, 0.1) is 0 Å². The average molecular weight is 374 g/mol. The molecule has 1 fully saturated rings. The lowest BCUT2D eigenvalue weighted by molar-refractivity contribution is -0.162. The van der Waals surface area contributed by atoms with E-state index in [9.17, 15) is 14.4 Å². The molecule has 2 amide bonds. The number of ether oxygens (including phenoxy) is 1. The lowest BCUT2D eigenvalue weighted by Crippen LogP contribution is -2.49. The summed E-state index contributed by atoms with van der Waals surface area (Å²) in [6.45, 7) is 6.85. The molecule has 1 heterocycles. The number of esters is 1. The molecule has 148 valence electrons. The summed E-state index contributed by atoms with van der Waals surface area (Å²) in [5.41, 5.74) is 0.482. The number of nitrogens with zero attached hydrogens (tertiary/aromatic N) is 1. The van der Waals surface area contributed by atoms with Crippen LogP contribution in [-0.4, -0.2) is 47.9 Å². The van der Waals surface area contributed by atoms with Crippen molar-refractivity contribution in [3.63, 3.8) is 0 Å². The third kappa shape index (κ3) is 5.81. The Morgan fingerprint density at radius 3 is 2.30 bits per heavy atom. The van der Waals surface area contributed by atoms with E-state index >= 15 is 0 Å². The van der Waals surface area contributed by atoms with Crippen LogP contribution >= 0.6 is 0 Å². The summed E-state index contributed by atoms with van der Waals surface area (Å²) in [6.07, 6.45) is 2.93. The zero-order chi connectivity index (χ0) is 19.8. The summed E-state index contributed by atoms with van der Waals surface area (Å²) in [7, 11) is 0. The molecule has 6 heteroatoms. The molecule has 2 rings (SSSR count). The van der Waals surface area contributed by atoms with Crippen molar-refractivity contribution in [1.29, 1.82) is 0 Å². The first-order valence-electron chi connectivity index (χ1n) is 9.79. The quantitative estimate of drug-likeness (QED) is 0.745. The largest absolute Gasteiger partial charge is 0.451 e. The second-order valence-corrected chi connectivity index (χ2v) is 7.17. The van der Waals surface area contributed by atoms with E-state index in [4.69, 9.17) is 4.74 Å². The minimum Gasteiger partial charge on any atom is -0.451 e. The van der Waals surface area contributed by atoms with E-state index < -0.39 is 18.1 Å². The van der Waals surface area contributed by atoms with Gasteiger partial charge in [0.2, 0.25) is 0 Å². The van der Waals surface area contributed by atoms with E-state index in [2.05, 4.69) is 5.32 Å². The summed E-state index contributed by atoms with van der Waals surface area (Å²) >= 11 is 0. The lowest BCUT2D eigenvalue weighted by Gasteiger charge is -2.30. The normalized spacial score (nSPS) is 17.5. The molecule has 3 unspecified atom stereocenters. The Kier molecular flexibility index (Phi) is 7.82. The summed E-state index contributed by atoms with van der Waals surface area (Å²) in [4.78, 5) is 39.4. The predicted octanol–water partition coefficient (Wildman–Crippen LogP) is 2.78. The van der Waals surface area contributed by atoms with Crippen molar-refractivity contribution >= 4 is 17.8 Å². The number of likely N-dealkylation sites (tertiary alicyclic amines) is 1. The summed E-state index contributed by atoms with van der Waals surface area (Å²) in [5.74, 6) is -1.16. The zero-order valence-electron chi connectivity index (χ0n) is 16.4. The molecule has 1 N–H and O–H groups in total. The van der Waals surface area contributed by atoms with E-state index in [1.54, 1.807) is 36.1 Å². The van der Waals surface area contributed by atoms with Gasteiger partial charge in [-0.15, -0.1) is 0 Å². The Balaban J connectivity index is 2.01. The minimum absolute atomic E-state index is 0.109. The van der Waals surface area contributed by atoms with Crippen molar-refractivity contribution < 1.29 is 19.1 Å². The van der Waals surface area contributed by atoms with Crippen LogP contribution in [0.15, 0.2) is 30.3 Å². The first-order valence-corrected chi connectivity index (χ1v) is 9.79. The maximum absolute atomic E-state index is 12.7. The fourth-order valence-corrected chi connectivity index (χ4v) is 3.15. The summed E-state index contributed by atoms with van der Waals surface area (Å²) in [5, 5.41) is 2.77. The maximum Gasteiger partial charge on any atom is 0.329 e. The number of rotatable bonds is 7. The Labute approximate surface area is 161 Å². The Morgan fingerprint density at radius 2 is 1.70 bits per heavy atom. The number of benzene rings is 1. The predicted molar refractivity (Wildman–Crippen MR) is 103 cm³/mol. The third-order valence-electron chi connectivity index (χ3n) is 5.10. The number of hydrogen-bond donors (Lipinski definition) is 1. The summed E-state index contributed by atoms with van der Waals surface area (Å²) < 4.78 is 5.44. The van der Waals surface area contributed by atoms with Crippen molar-refractivity contribution in [2.45, 2.75) is 58.6 Å². The van der Waals surface area contributed by atoms with E-state index in [1.807, 2.05) is 19.9 Å². The van der Waals surface area contributed by atoms with Crippen LogP contribution in [0.25, 0.3) is 0 Å². The molecule has 27 heavy (non-hydrogen) atoms. The molecular weight excluding hydrogens is 344 g/mol. The van der Waals surface area contributed by atoms with Crippen LogP contribution in [0.5, 0.6) is 0 Å². The van der Waals surface area contributed by atoms with E-state index in [0.717, 1.165) is 19.3 Å². The maximum atomic E-state index is 12.7. The molecule has 1 saturated heterocycles. The number of carbonyl (C=O) groups is 3. The molecule has 0 bridgehead atoms. The number of piperidine rings is 1. The smallest absolute Gasteiger partial charge is 0.329 e. The second kappa shape index (κ2) is 10.1. The van der Waals surface area contributed by atoms with E-state index in [1.165, 1.54) is 0 Å². The molecule has 0 saturated carbocycles. The lowest BCUT2D eigenvalue weighted by atomic mass is 9.98. The van der Waals surface area contributed by atoms with Crippen LogP contribution in [0.1, 0.15) is 56.8 Å². The molecule has 0 radical (unpaired) electrons. The highest BCUT2D eigenvalue weighted by Gasteiger charge is 2.32. The van der Waals surface area contributed by atoms with Crippen molar-refractivity contribution in [2.75, 3.05) is 13.1 Å². The average Bonchev–Trinajstić information content (AvgIpc) is 2.71. The first-order chi connectivity index (χ1) is 12.9. The van der Waals surface area contributed by atoms with E-state index in [0.29, 0.717) is 25.1 Å². The Hall–Kier alpha value is -2.37. The SMILES string of the molecule is CCC(C)C(NC(=O)c1ccccc1)C(=O)OC(C)C(=O)N1CCCCC1. The molecule has 1 aromatic rings. The van der Waals surface area contributed by atoms with Crippen molar-refractivity contribution in [3.05, 3.63) is 35.9 Å². The molecule has 1 aliphatic rings. The first kappa shape index (κ1) is 20.9. The van der Waals surface area contributed by atoms with Crippen molar-refractivity contribution in [3.8, 4) is 0 Å². The second-order valence-electron chi connectivity index (χ2n) is 7.17. The van der Waals surface area contributed by atoms with Crippen LogP contribution < -0.4 is 5.32 Å². The van der Waals surface area contributed by atoms with E-state index in [-0.39, 0.29) is 17.7 Å². The highest BCUT2D eigenvalue weighted by atomic mass is 16.5. The van der Waals surface area contributed by atoms with Gasteiger partial charge >= 0.3 is 5.97 Å². The van der Waals surface area contributed by atoms with Gasteiger partial charge in [0, 0.05) is 18.7 Å². The van der Waals surface area contributed by atoms with Gasteiger partial charge in [0.15, 0.2) is 6.10 Å². The fraction of sp³-hybridized carbons (Fsp3) is 0.571. The van der Waals surface area contributed by atoms with Crippen LogP contribution in [0.4, 0.5) is 0 Å². The molecule has 1 aliphatic heterocycles. The topological polar surface area (TPSA) is 75.7 Å². The number of hydrogen-bond acceptors (Lipinski definition) is 4. The van der Waals surface area contributed by atoms with Gasteiger partial charge in [0.25, 0.3) is 11.8 Å². The van der Waals surface area contributed by atoms with Crippen molar-refractivity contribution in [1.82, 2.24) is 10.2 Å². The molecular formula is C21H30N2O4. The van der Waals surface area contributed by atoms with Gasteiger partial charge in [-0.05, 0) is 44.2 Å². The van der Waals surface area contributed by atoms with Crippen LogP contribution in [-0.2, 0) is 14.3 Å². The highest BCUT2D eigenvalue weighted by molar-refractivity contribution is 5.97. The number of carbonyl (C=O) groups excluding carboxylic acids is 3. The van der Waals surface area contributed by atoms with Crippen LogP contribution in [0.2, 0.25) is 0 Å². The molecule has 0 aromatic heterocycles. The van der Waals surface area contributed by atoms with Gasteiger partial charge in [-0.25, -0.2) is 4.79 Å². The molecule has 6 nitrogen and oxygen atoms in total. The summed E-state index contributed by atoms with van der Waals surface area (Å²) in [6, 6.07) is 7.95. The van der Waals surface area contributed by atoms with Crippen LogP contribution in [0.3, 0.4) is 0 Å². The molecule has 0 spiro atoms. The minimum atomic E-state index is -0.851. The Morgan fingerprint density at radius 1 is 1.07 bits per heavy atom. The molecule has 3 atom stereocenters. The molecule has 0 aliphatic carbocycles. The highest BCUT2D eigenvalue weighted by Crippen LogP contribution is 2.15.